The average molecular weight is 399 g/mol. The number of aryl methyl sites for hydroxylation is 1. The molecule has 0 spiro atoms. The molecule has 0 saturated carbocycles. The van der Waals surface area contributed by atoms with Crippen LogP contribution in [0, 0.1) is 18.7 Å². The Bertz CT molecular complexity index is 851. The number of rotatable bonds is 4. The molecule has 2 aliphatic rings. The zero-order chi connectivity index (χ0) is 20.4. The van der Waals surface area contributed by atoms with Gasteiger partial charge < -0.3 is 14.8 Å². The van der Waals surface area contributed by atoms with Gasteiger partial charge in [-0.1, -0.05) is 31.9 Å². The summed E-state index contributed by atoms with van der Waals surface area (Å²) in [6.07, 6.45) is 8.19. The van der Waals surface area contributed by atoms with E-state index in [4.69, 9.17) is 0 Å². The number of nitrogens with zero attached hydrogens (tertiary/aromatic N) is 3. The Kier molecular flexibility index (Phi) is 5.99. The molecule has 2 aromatic rings. The number of hydrogen-bond acceptors (Lipinski definition) is 3. The summed E-state index contributed by atoms with van der Waals surface area (Å²) in [4.78, 5) is 19.8. The summed E-state index contributed by atoms with van der Waals surface area (Å²) < 4.78 is 16.0. The van der Waals surface area contributed by atoms with E-state index >= 15 is 0 Å². The van der Waals surface area contributed by atoms with Crippen molar-refractivity contribution in [3.05, 3.63) is 53.9 Å². The third-order valence-electron chi connectivity index (χ3n) is 6.57. The zero-order valence-electron chi connectivity index (χ0n) is 17.4. The Labute approximate surface area is 172 Å². The van der Waals surface area contributed by atoms with Crippen molar-refractivity contribution in [2.75, 3.05) is 13.1 Å². The monoisotopic (exact) mass is 398 g/mol. The van der Waals surface area contributed by atoms with Crippen LogP contribution in [0.15, 0.2) is 36.7 Å². The first kappa shape index (κ1) is 20.1. The molecule has 156 valence electrons. The van der Waals surface area contributed by atoms with Crippen LogP contribution < -0.4 is 5.32 Å². The van der Waals surface area contributed by atoms with E-state index in [2.05, 4.69) is 15.2 Å². The first-order valence-electron chi connectivity index (χ1n) is 10.8. The second-order valence-corrected chi connectivity index (χ2v) is 8.58. The van der Waals surface area contributed by atoms with E-state index in [9.17, 15) is 9.18 Å². The number of carbonyl (C=O) groups is 1. The van der Waals surface area contributed by atoms with E-state index in [1.807, 2.05) is 30.7 Å². The molecule has 2 aliphatic heterocycles. The summed E-state index contributed by atoms with van der Waals surface area (Å²) in [7, 11) is 0. The van der Waals surface area contributed by atoms with Crippen LogP contribution in [-0.4, -0.2) is 45.5 Å². The Morgan fingerprint density at radius 1 is 1.34 bits per heavy atom. The summed E-state index contributed by atoms with van der Waals surface area (Å²) in [5, 5.41) is 3.70. The number of benzene rings is 1. The summed E-state index contributed by atoms with van der Waals surface area (Å²) in [6.45, 7) is 6.21. The van der Waals surface area contributed by atoms with Gasteiger partial charge in [-0.15, -0.1) is 0 Å². The Hall–Kier alpha value is -2.21. The summed E-state index contributed by atoms with van der Waals surface area (Å²) in [5.41, 5.74) is 0.987. The number of fused-ring (bicyclic) bond motifs is 1. The van der Waals surface area contributed by atoms with Gasteiger partial charge in [0.1, 0.15) is 11.6 Å². The molecule has 1 aromatic carbocycles. The molecule has 4 atom stereocenters. The predicted molar refractivity (Wildman–Crippen MR) is 111 cm³/mol. The predicted octanol–water partition coefficient (Wildman–Crippen LogP) is 3.49. The maximum absolute atomic E-state index is 13.9. The maximum Gasteiger partial charge on any atom is 0.227 e. The van der Waals surface area contributed by atoms with Gasteiger partial charge in [-0.3, -0.25) is 4.79 Å². The Morgan fingerprint density at radius 3 is 2.97 bits per heavy atom. The van der Waals surface area contributed by atoms with Crippen molar-refractivity contribution in [3.63, 3.8) is 0 Å². The number of likely N-dealkylation sites (tertiary alicyclic amines) is 1. The molecule has 1 N–H and O–H groups in total. The molecule has 0 aliphatic carbocycles. The van der Waals surface area contributed by atoms with E-state index in [0.29, 0.717) is 13.1 Å². The number of nitrogens with one attached hydrogen (secondary N) is 1. The molecule has 3 heterocycles. The smallest absolute Gasteiger partial charge is 0.227 e. The van der Waals surface area contributed by atoms with Gasteiger partial charge >= 0.3 is 0 Å². The molecular weight excluding hydrogens is 367 g/mol. The van der Waals surface area contributed by atoms with Crippen molar-refractivity contribution in [2.24, 2.45) is 5.92 Å². The number of aromatic nitrogens is 2. The van der Waals surface area contributed by atoms with Crippen LogP contribution >= 0.6 is 0 Å². The van der Waals surface area contributed by atoms with Crippen molar-refractivity contribution in [1.82, 2.24) is 19.8 Å². The van der Waals surface area contributed by atoms with Gasteiger partial charge in [0.15, 0.2) is 0 Å². The number of hydrogen-bond donors (Lipinski definition) is 1. The first-order valence-corrected chi connectivity index (χ1v) is 10.8. The fraction of sp³-hybridized carbons (Fsp3) is 0.565. The second-order valence-electron chi connectivity index (χ2n) is 8.58. The molecule has 1 aromatic heterocycles. The van der Waals surface area contributed by atoms with Crippen LogP contribution in [0.3, 0.4) is 0 Å². The van der Waals surface area contributed by atoms with Gasteiger partial charge in [-0.05, 0) is 44.0 Å². The molecule has 5 nitrogen and oxygen atoms in total. The minimum atomic E-state index is -0.210. The van der Waals surface area contributed by atoms with Crippen LogP contribution in [0.5, 0.6) is 0 Å². The van der Waals surface area contributed by atoms with Crippen LogP contribution in [0.4, 0.5) is 4.39 Å². The summed E-state index contributed by atoms with van der Waals surface area (Å²) in [6, 6.07) is 7.24. The minimum absolute atomic E-state index is 0.125. The lowest BCUT2D eigenvalue weighted by atomic mass is 9.88. The van der Waals surface area contributed by atoms with E-state index in [1.165, 1.54) is 12.5 Å². The molecule has 0 radical (unpaired) electrons. The summed E-state index contributed by atoms with van der Waals surface area (Å²) >= 11 is 0. The lowest BCUT2D eigenvalue weighted by Crippen LogP contribution is -2.48. The standard InChI is InChI=1S/C23H31FN4O/c1-16(14-27-12-11-25-17(27)2)23(29)28-15-20(18-7-6-8-19(24)13-18)22-21(28)9-4-3-5-10-26-22/h6-8,11-13,16,20-22,26H,3-5,9-10,14-15H2,1-2H3/t16-,20+,21-,22+/m1/s1. The first-order chi connectivity index (χ1) is 14.0. The molecular formula is C23H31FN4O. The highest BCUT2D eigenvalue weighted by Gasteiger charge is 2.45. The fourth-order valence-electron chi connectivity index (χ4n) is 5.02. The number of amides is 1. The van der Waals surface area contributed by atoms with Gasteiger partial charge in [0, 0.05) is 43.5 Å². The quantitative estimate of drug-likeness (QED) is 0.858. The third-order valence-corrected chi connectivity index (χ3v) is 6.57. The van der Waals surface area contributed by atoms with Crippen molar-refractivity contribution in [3.8, 4) is 0 Å². The Balaban J connectivity index is 1.57. The van der Waals surface area contributed by atoms with E-state index in [0.717, 1.165) is 37.2 Å². The average Bonchev–Trinajstić information content (AvgIpc) is 3.24. The highest BCUT2D eigenvalue weighted by atomic mass is 19.1. The van der Waals surface area contributed by atoms with Gasteiger partial charge in [-0.25, -0.2) is 9.37 Å². The third kappa shape index (κ3) is 4.22. The zero-order valence-corrected chi connectivity index (χ0v) is 17.4. The maximum atomic E-state index is 13.9. The fourth-order valence-corrected chi connectivity index (χ4v) is 5.02. The van der Waals surface area contributed by atoms with Crippen molar-refractivity contribution in [2.45, 2.75) is 64.1 Å². The van der Waals surface area contributed by atoms with E-state index < -0.39 is 0 Å². The van der Waals surface area contributed by atoms with E-state index in [-0.39, 0.29) is 35.6 Å². The largest absolute Gasteiger partial charge is 0.337 e. The lowest BCUT2D eigenvalue weighted by molar-refractivity contribution is -0.136. The normalized spacial score (nSPS) is 25.9. The van der Waals surface area contributed by atoms with Crippen molar-refractivity contribution >= 4 is 5.91 Å². The van der Waals surface area contributed by atoms with Crippen molar-refractivity contribution in [1.29, 1.82) is 0 Å². The van der Waals surface area contributed by atoms with Gasteiger partial charge in [0.2, 0.25) is 5.91 Å². The SMILES string of the molecule is Cc1nccn1C[C@@H](C)C(=O)N1C[C@@H](c2cccc(F)c2)[C@@H]2NCCCCC[C@H]21. The highest BCUT2D eigenvalue weighted by Crippen LogP contribution is 2.36. The van der Waals surface area contributed by atoms with Crippen LogP contribution in [0.1, 0.15) is 49.9 Å². The van der Waals surface area contributed by atoms with Crippen LogP contribution in [0.2, 0.25) is 0 Å². The molecule has 2 saturated heterocycles. The van der Waals surface area contributed by atoms with Crippen LogP contribution in [-0.2, 0) is 11.3 Å². The minimum Gasteiger partial charge on any atom is -0.337 e. The second kappa shape index (κ2) is 8.66. The molecule has 2 fully saturated rings. The molecule has 1 amide bonds. The topological polar surface area (TPSA) is 50.2 Å². The van der Waals surface area contributed by atoms with Crippen LogP contribution in [0.25, 0.3) is 0 Å². The lowest BCUT2D eigenvalue weighted by Gasteiger charge is -2.32. The Morgan fingerprint density at radius 2 is 2.21 bits per heavy atom. The van der Waals surface area contributed by atoms with Gasteiger partial charge in [-0.2, -0.15) is 0 Å². The highest BCUT2D eigenvalue weighted by molar-refractivity contribution is 5.79. The number of carbonyl (C=O) groups excluding carboxylic acids is 1. The summed E-state index contributed by atoms with van der Waals surface area (Å²) in [5.74, 6) is 0.905. The number of imidazole rings is 1. The van der Waals surface area contributed by atoms with Crippen molar-refractivity contribution < 1.29 is 9.18 Å². The number of halogens is 1. The van der Waals surface area contributed by atoms with E-state index in [1.54, 1.807) is 18.3 Å². The molecule has 0 unspecified atom stereocenters. The molecule has 6 heteroatoms. The van der Waals surface area contributed by atoms with Gasteiger partial charge in [0.25, 0.3) is 0 Å². The molecule has 0 bridgehead atoms. The van der Waals surface area contributed by atoms with Gasteiger partial charge in [0.05, 0.1) is 5.92 Å². The molecule has 29 heavy (non-hydrogen) atoms. The molecule has 4 rings (SSSR count).